The predicted molar refractivity (Wildman–Crippen MR) is 73.1 cm³/mol. The minimum absolute atomic E-state index is 0.0921. The molecule has 0 radical (unpaired) electrons. The van der Waals surface area contributed by atoms with Crippen molar-refractivity contribution in [2.75, 3.05) is 5.32 Å². The summed E-state index contributed by atoms with van der Waals surface area (Å²) in [4.78, 5) is 4.14. The monoisotopic (exact) mass is 265 g/mol. The predicted octanol–water partition coefficient (Wildman–Crippen LogP) is 3.44. The van der Waals surface area contributed by atoms with E-state index in [2.05, 4.69) is 28.7 Å². The van der Waals surface area contributed by atoms with Crippen LogP contribution >= 0.6 is 11.6 Å². The zero-order chi connectivity index (χ0) is 13.1. The molecule has 0 aliphatic carbocycles. The molecule has 0 unspecified atom stereocenters. The Morgan fingerprint density at radius 3 is 2.89 bits per heavy atom. The lowest BCUT2D eigenvalue weighted by Gasteiger charge is -2.13. The Morgan fingerprint density at radius 1 is 1.44 bits per heavy atom. The Bertz CT molecular complexity index is 537. The fourth-order valence-electron chi connectivity index (χ4n) is 1.74. The summed E-state index contributed by atoms with van der Waals surface area (Å²) in [5.41, 5.74) is 1.98. The van der Waals surface area contributed by atoms with Gasteiger partial charge in [0.15, 0.2) is 0 Å². The van der Waals surface area contributed by atoms with E-state index in [-0.39, 0.29) is 5.75 Å². The van der Waals surface area contributed by atoms with E-state index in [0.29, 0.717) is 17.6 Å². The highest BCUT2D eigenvalue weighted by Gasteiger charge is 2.05. The highest BCUT2D eigenvalue weighted by Crippen LogP contribution is 2.26. The van der Waals surface area contributed by atoms with Crippen LogP contribution in [-0.2, 0) is 6.54 Å². The van der Waals surface area contributed by atoms with Gasteiger partial charge in [0.1, 0.15) is 5.75 Å². The summed E-state index contributed by atoms with van der Waals surface area (Å²) in [5, 5.41) is 12.9. The molecule has 0 amide bonds. The van der Waals surface area contributed by atoms with E-state index in [1.54, 1.807) is 18.2 Å². The minimum Gasteiger partial charge on any atom is -0.506 e. The van der Waals surface area contributed by atoms with Gasteiger partial charge in [0, 0.05) is 17.9 Å². The number of halogens is 1. The molecule has 1 heterocycles. The zero-order valence-electron chi connectivity index (χ0n) is 10.4. The van der Waals surface area contributed by atoms with Crippen LogP contribution in [0.1, 0.15) is 25.6 Å². The zero-order valence-corrected chi connectivity index (χ0v) is 11.1. The molecular weight excluding hydrogens is 250 g/mol. The first kappa shape index (κ1) is 12.8. The number of aromatic hydroxyl groups is 1. The first-order chi connectivity index (χ1) is 8.58. The van der Waals surface area contributed by atoms with Crippen molar-refractivity contribution in [1.82, 2.24) is 9.55 Å². The van der Waals surface area contributed by atoms with Crippen LogP contribution in [0.15, 0.2) is 30.7 Å². The van der Waals surface area contributed by atoms with Gasteiger partial charge in [-0.05, 0) is 32.0 Å². The molecule has 2 N–H and O–H groups in total. The minimum atomic E-state index is 0.0921. The first-order valence-corrected chi connectivity index (χ1v) is 6.19. The van der Waals surface area contributed by atoms with Crippen molar-refractivity contribution in [2.24, 2.45) is 0 Å². The van der Waals surface area contributed by atoms with Crippen molar-refractivity contribution < 1.29 is 5.11 Å². The standard InChI is InChI=1S/C13H16ClN3O/c1-9(2)17-8-15-6-11(17)7-16-10-3-4-13(18)12(14)5-10/h3-6,8-9,16,18H,7H2,1-2H3. The van der Waals surface area contributed by atoms with Gasteiger partial charge in [-0.3, -0.25) is 0 Å². The average Bonchev–Trinajstić information content (AvgIpc) is 2.79. The Labute approximate surface area is 111 Å². The maximum Gasteiger partial charge on any atom is 0.134 e. The van der Waals surface area contributed by atoms with Gasteiger partial charge in [0.25, 0.3) is 0 Å². The fourth-order valence-corrected chi connectivity index (χ4v) is 1.92. The lowest BCUT2D eigenvalue weighted by Crippen LogP contribution is -2.08. The molecule has 1 aromatic heterocycles. The van der Waals surface area contributed by atoms with Crippen LogP contribution in [-0.4, -0.2) is 14.7 Å². The number of phenolic OH excluding ortho intramolecular Hbond substituents is 1. The molecule has 18 heavy (non-hydrogen) atoms. The van der Waals surface area contributed by atoms with Crippen molar-refractivity contribution in [3.63, 3.8) is 0 Å². The van der Waals surface area contributed by atoms with E-state index in [0.717, 1.165) is 11.4 Å². The van der Waals surface area contributed by atoms with Crippen LogP contribution in [0.2, 0.25) is 5.02 Å². The number of phenols is 1. The number of nitrogens with one attached hydrogen (secondary N) is 1. The van der Waals surface area contributed by atoms with Crippen molar-refractivity contribution >= 4 is 17.3 Å². The molecule has 5 heteroatoms. The molecule has 1 aromatic carbocycles. The van der Waals surface area contributed by atoms with E-state index < -0.39 is 0 Å². The number of hydrogen-bond donors (Lipinski definition) is 2. The van der Waals surface area contributed by atoms with Crippen molar-refractivity contribution in [1.29, 1.82) is 0 Å². The molecule has 0 bridgehead atoms. The molecule has 2 aromatic rings. The number of hydrogen-bond acceptors (Lipinski definition) is 3. The van der Waals surface area contributed by atoms with Crippen molar-refractivity contribution in [3.8, 4) is 5.75 Å². The van der Waals surface area contributed by atoms with Gasteiger partial charge in [0.2, 0.25) is 0 Å². The van der Waals surface area contributed by atoms with Crippen LogP contribution in [0.25, 0.3) is 0 Å². The first-order valence-electron chi connectivity index (χ1n) is 5.81. The number of nitrogens with zero attached hydrogens (tertiary/aromatic N) is 2. The van der Waals surface area contributed by atoms with Gasteiger partial charge in [-0.25, -0.2) is 4.98 Å². The Balaban J connectivity index is 2.07. The summed E-state index contributed by atoms with van der Waals surface area (Å²) in [7, 11) is 0. The molecule has 0 aliphatic heterocycles. The number of anilines is 1. The summed E-state index contributed by atoms with van der Waals surface area (Å²) in [6.07, 6.45) is 3.67. The summed E-state index contributed by atoms with van der Waals surface area (Å²) in [6, 6.07) is 5.45. The number of rotatable bonds is 4. The van der Waals surface area contributed by atoms with E-state index in [9.17, 15) is 5.11 Å². The topological polar surface area (TPSA) is 50.1 Å². The second-order valence-electron chi connectivity index (χ2n) is 4.41. The quantitative estimate of drug-likeness (QED) is 0.833. The van der Waals surface area contributed by atoms with Crippen LogP contribution in [0.5, 0.6) is 5.75 Å². The van der Waals surface area contributed by atoms with Gasteiger partial charge in [-0.15, -0.1) is 0 Å². The molecule has 0 spiro atoms. The Hall–Kier alpha value is -1.68. The lowest BCUT2D eigenvalue weighted by atomic mass is 10.3. The van der Waals surface area contributed by atoms with E-state index in [1.807, 2.05) is 12.5 Å². The van der Waals surface area contributed by atoms with Gasteiger partial charge < -0.3 is 15.0 Å². The van der Waals surface area contributed by atoms with E-state index >= 15 is 0 Å². The molecule has 0 aliphatic rings. The van der Waals surface area contributed by atoms with E-state index in [4.69, 9.17) is 11.6 Å². The average molecular weight is 266 g/mol. The summed E-state index contributed by atoms with van der Waals surface area (Å²) in [5.74, 6) is 0.0921. The number of benzene rings is 1. The lowest BCUT2D eigenvalue weighted by molar-refractivity contribution is 0.475. The highest BCUT2D eigenvalue weighted by atomic mass is 35.5. The van der Waals surface area contributed by atoms with Crippen molar-refractivity contribution in [2.45, 2.75) is 26.4 Å². The molecule has 0 saturated heterocycles. The maximum absolute atomic E-state index is 9.34. The molecule has 2 rings (SSSR count). The third-order valence-corrected chi connectivity index (χ3v) is 3.03. The third kappa shape index (κ3) is 2.76. The molecular formula is C13H16ClN3O. The Kier molecular flexibility index (Phi) is 3.77. The number of aromatic nitrogens is 2. The normalized spacial score (nSPS) is 10.9. The molecule has 0 atom stereocenters. The second-order valence-corrected chi connectivity index (χ2v) is 4.81. The van der Waals surface area contributed by atoms with Gasteiger partial charge >= 0.3 is 0 Å². The largest absolute Gasteiger partial charge is 0.506 e. The second kappa shape index (κ2) is 5.31. The van der Waals surface area contributed by atoms with Gasteiger partial charge in [0.05, 0.1) is 23.6 Å². The van der Waals surface area contributed by atoms with Crippen LogP contribution < -0.4 is 5.32 Å². The van der Waals surface area contributed by atoms with Gasteiger partial charge in [-0.2, -0.15) is 0 Å². The van der Waals surface area contributed by atoms with Crippen LogP contribution in [0, 0.1) is 0 Å². The summed E-state index contributed by atoms with van der Waals surface area (Å²) in [6.45, 7) is 4.89. The highest BCUT2D eigenvalue weighted by molar-refractivity contribution is 6.32. The fraction of sp³-hybridized carbons (Fsp3) is 0.308. The van der Waals surface area contributed by atoms with E-state index in [1.165, 1.54) is 0 Å². The summed E-state index contributed by atoms with van der Waals surface area (Å²) >= 11 is 5.85. The summed E-state index contributed by atoms with van der Waals surface area (Å²) < 4.78 is 2.11. The SMILES string of the molecule is CC(C)n1cncc1CNc1ccc(O)c(Cl)c1. The molecule has 96 valence electrons. The van der Waals surface area contributed by atoms with Crippen LogP contribution in [0.3, 0.4) is 0 Å². The smallest absolute Gasteiger partial charge is 0.134 e. The molecule has 0 fully saturated rings. The third-order valence-electron chi connectivity index (χ3n) is 2.72. The van der Waals surface area contributed by atoms with Crippen LogP contribution in [0.4, 0.5) is 5.69 Å². The van der Waals surface area contributed by atoms with Crippen molar-refractivity contribution in [3.05, 3.63) is 41.4 Å². The Morgan fingerprint density at radius 2 is 2.22 bits per heavy atom. The van der Waals surface area contributed by atoms with Gasteiger partial charge in [-0.1, -0.05) is 11.6 Å². The maximum atomic E-state index is 9.34. The molecule has 4 nitrogen and oxygen atoms in total. The number of imidazole rings is 1. The molecule has 0 saturated carbocycles.